The van der Waals surface area contributed by atoms with Crippen LogP contribution >= 0.6 is 11.6 Å². The number of halogens is 4. The number of hydrogen-bond acceptors (Lipinski definition) is 3. The van der Waals surface area contributed by atoms with Gasteiger partial charge in [-0.05, 0) is 38.0 Å². The molecule has 8 heteroatoms. The van der Waals surface area contributed by atoms with Crippen molar-refractivity contribution in [2.45, 2.75) is 43.3 Å². The Balaban J connectivity index is 2.70. The minimum Gasteiger partial charge on any atom is -0.381 e. The maximum absolute atomic E-state index is 12.1. The SMILES string of the molecule is CC(CCCC(F)(F)F)Nc1cc(S(C)(=O)=O)ccc1Cl. The lowest BCUT2D eigenvalue weighted by Gasteiger charge is -2.17. The molecule has 21 heavy (non-hydrogen) atoms. The molecule has 0 fully saturated rings. The van der Waals surface area contributed by atoms with Gasteiger partial charge in [0.1, 0.15) is 0 Å². The molecule has 0 bridgehead atoms. The molecule has 0 amide bonds. The monoisotopic (exact) mass is 343 g/mol. The fourth-order valence-corrected chi connectivity index (χ4v) is 2.61. The van der Waals surface area contributed by atoms with Crippen LogP contribution in [0.5, 0.6) is 0 Å². The van der Waals surface area contributed by atoms with E-state index < -0.39 is 22.4 Å². The van der Waals surface area contributed by atoms with E-state index in [1.165, 1.54) is 18.2 Å². The average Bonchev–Trinajstić information content (AvgIpc) is 2.28. The summed E-state index contributed by atoms with van der Waals surface area (Å²) < 4.78 is 59.2. The van der Waals surface area contributed by atoms with E-state index in [-0.39, 0.29) is 17.4 Å². The van der Waals surface area contributed by atoms with Crippen LogP contribution in [0, 0.1) is 0 Å². The van der Waals surface area contributed by atoms with Gasteiger partial charge in [-0.3, -0.25) is 0 Å². The number of benzene rings is 1. The van der Waals surface area contributed by atoms with Crippen molar-refractivity contribution in [1.82, 2.24) is 0 Å². The molecule has 1 unspecified atom stereocenters. The summed E-state index contributed by atoms with van der Waals surface area (Å²) in [7, 11) is -3.36. The van der Waals surface area contributed by atoms with Gasteiger partial charge in [0.05, 0.1) is 15.6 Å². The maximum Gasteiger partial charge on any atom is 0.389 e. The van der Waals surface area contributed by atoms with Crippen LogP contribution in [0.4, 0.5) is 18.9 Å². The number of alkyl halides is 3. The summed E-state index contributed by atoms with van der Waals surface area (Å²) in [6, 6.07) is 3.97. The van der Waals surface area contributed by atoms with E-state index in [9.17, 15) is 21.6 Å². The van der Waals surface area contributed by atoms with Gasteiger partial charge in [-0.2, -0.15) is 13.2 Å². The molecule has 3 nitrogen and oxygen atoms in total. The Hall–Kier alpha value is -0.950. The molecule has 0 heterocycles. The normalized spacial score (nSPS) is 14.0. The highest BCUT2D eigenvalue weighted by molar-refractivity contribution is 7.90. The van der Waals surface area contributed by atoms with Crippen molar-refractivity contribution in [3.8, 4) is 0 Å². The first-order chi connectivity index (χ1) is 9.49. The molecule has 0 aliphatic carbocycles. The summed E-state index contributed by atoms with van der Waals surface area (Å²) in [6.07, 6.45) is -3.61. The standard InChI is InChI=1S/C13H17ClF3NO2S/c1-9(4-3-7-13(15,16)17)18-12-8-10(21(2,19)20)5-6-11(12)14/h5-6,8-9,18H,3-4,7H2,1-2H3. The summed E-state index contributed by atoms with van der Waals surface area (Å²) >= 11 is 5.96. The van der Waals surface area contributed by atoms with Gasteiger partial charge < -0.3 is 5.32 Å². The number of sulfone groups is 1. The van der Waals surface area contributed by atoms with Crippen LogP contribution in [-0.4, -0.2) is 26.9 Å². The van der Waals surface area contributed by atoms with Gasteiger partial charge in [-0.25, -0.2) is 8.42 Å². The lowest BCUT2D eigenvalue weighted by atomic mass is 10.1. The van der Waals surface area contributed by atoms with Crippen molar-refractivity contribution < 1.29 is 21.6 Å². The van der Waals surface area contributed by atoms with Crippen molar-refractivity contribution in [2.24, 2.45) is 0 Å². The molecule has 0 saturated heterocycles. The Morgan fingerprint density at radius 1 is 1.33 bits per heavy atom. The predicted molar refractivity (Wildman–Crippen MR) is 77.6 cm³/mol. The molecule has 1 N–H and O–H groups in total. The van der Waals surface area contributed by atoms with E-state index in [2.05, 4.69) is 5.32 Å². The smallest absolute Gasteiger partial charge is 0.381 e. The molecular weight excluding hydrogens is 327 g/mol. The van der Waals surface area contributed by atoms with Gasteiger partial charge in [0.15, 0.2) is 9.84 Å². The molecule has 0 aliphatic rings. The molecular formula is C13H17ClF3NO2S. The van der Waals surface area contributed by atoms with Crippen molar-refractivity contribution >= 4 is 27.1 Å². The average molecular weight is 344 g/mol. The van der Waals surface area contributed by atoms with Crippen molar-refractivity contribution in [3.63, 3.8) is 0 Å². The molecule has 1 aromatic carbocycles. The van der Waals surface area contributed by atoms with Gasteiger partial charge in [0, 0.05) is 18.7 Å². The Kier molecular flexibility index (Phi) is 5.92. The molecule has 1 rings (SSSR count). The van der Waals surface area contributed by atoms with Gasteiger partial charge in [-0.1, -0.05) is 11.6 Å². The molecule has 0 saturated carbocycles. The highest BCUT2D eigenvalue weighted by Gasteiger charge is 2.26. The second-order valence-electron chi connectivity index (χ2n) is 4.97. The lowest BCUT2D eigenvalue weighted by Crippen LogP contribution is -2.17. The van der Waals surface area contributed by atoms with E-state index in [1.54, 1.807) is 6.92 Å². The zero-order valence-corrected chi connectivity index (χ0v) is 13.2. The van der Waals surface area contributed by atoms with Crippen LogP contribution in [0.1, 0.15) is 26.2 Å². The Morgan fingerprint density at radius 3 is 2.48 bits per heavy atom. The van der Waals surface area contributed by atoms with Crippen molar-refractivity contribution in [3.05, 3.63) is 23.2 Å². The summed E-state index contributed by atoms with van der Waals surface area (Å²) in [5.41, 5.74) is 0.402. The third-order valence-corrected chi connectivity index (χ3v) is 4.31. The first-order valence-electron chi connectivity index (χ1n) is 6.32. The van der Waals surface area contributed by atoms with Gasteiger partial charge in [0.25, 0.3) is 0 Å². The Labute approximate surface area is 127 Å². The van der Waals surface area contributed by atoms with Crippen molar-refractivity contribution in [1.29, 1.82) is 0 Å². The first-order valence-corrected chi connectivity index (χ1v) is 8.59. The van der Waals surface area contributed by atoms with E-state index in [0.717, 1.165) is 6.26 Å². The number of hydrogen-bond donors (Lipinski definition) is 1. The van der Waals surface area contributed by atoms with E-state index >= 15 is 0 Å². The Morgan fingerprint density at radius 2 is 1.95 bits per heavy atom. The number of nitrogens with one attached hydrogen (secondary N) is 1. The van der Waals surface area contributed by atoms with Gasteiger partial charge in [-0.15, -0.1) is 0 Å². The van der Waals surface area contributed by atoms with Gasteiger partial charge >= 0.3 is 6.18 Å². The first kappa shape index (κ1) is 18.1. The fraction of sp³-hybridized carbons (Fsp3) is 0.538. The van der Waals surface area contributed by atoms with Gasteiger partial charge in [0.2, 0.25) is 0 Å². The van der Waals surface area contributed by atoms with Crippen molar-refractivity contribution in [2.75, 3.05) is 11.6 Å². The highest BCUT2D eigenvalue weighted by atomic mass is 35.5. The summed E-state index contributed by atoms with van der Waals surface area (Å²) in [6.45, 7) is 1.72. The summed E-state index contributed by atoms with van der Waals surface area (Å²) in [5, 5.41) is 3.27. The molecule has 0 aromatic heterocycles. The molecule has 0 aliphatic heterocycles. The lowest BCUT2D eigenvalue weighted by molar-refractivity contribution is -0.135. The summed E-state index contributed by atoms with van der Waals surface area (Å²) in [4.78, 5) is 0.108. The Bertz CT molecular complexity index is 588. The van der Waals surface area contributed by atoms with E-state index in [0.29, 0.717) is 17.1 Å². The molecule has 1 aromatic rings. The van der Waals surface area contributed by atoms with Crippen LogP contribution in [0.15, 0.2) is 23.1 Å². The zero-order valence-electron chi connectivity index (χ0n) is 11.7. The minimum atomic E-state index is -4.16. The third kappa shape index (κ3) is 6.56. The van der Waals surface area contributed by atoms with Crippen LogP contribution in [0.3, 0.4) is 0 Å². The number of anilines is 1. The molecule has 0 radical (unpaired) electrons. The summed E-state index contributed by atoms with van der Waals surface area (Å²) in [5.74, 6) is 0. The molecule has 0 spiro atoms. The largest absolute Gasteiger partial charge is 0.389 e. The fourth-order valence-electron chi connectivity index (χ4n) is 1.79. The van der Waals surface area contributed by atoms with Crippen LogP contribution in [0.25, 0.3) is 0 Å². The number of rotatable bonds is 6. The second-order valence-corrected chi connectivity index (χ2v) is 7.39. The predicted octanol–water partition coefficient (Wildman–Crippen LogP) is 4.28. The quantitative estimate of drug-likeness (QED) is 0.838. The molecule has 1 atom stereocenters. The van der Waals surface area contributed by atoms with Crippen LogP contribution in [-0.2, 0) is 9.84 Å². The van der Waals surface area contributed by atoms with E-state index in [1.807, 2.05) is 0 Å². The topological polar surface area (TPSA) is 46.2 Å². The highest BCUT2D eigenvalue weighted by Crippen LogP contribution is 2.27. The van der Waals surface area contributed by atoms with E-state index in [4.69, 9.17) is 11.6 Å². The van der Waals surface area contributed by atoms with Crippen LogP contribution < -0.4 is 5.32 Å². The third-order valence-electron chi connectivity index (χ3n) is 2.87. The minimum absolute atomic E-state index is 0.00104. The van der Waals surface area contributed by atoms with Crippen LogP contribution in [0.2, 0.25) is 5.02 Å². The molecule has 120 valence electrons. The second kappa shape index (κ2) is 6.87. The maximum atomic E-state index is 12.1. The zero-order chi connectivity index (χ0) is 16.3.